The molecule has 0 spiro atoms. The summed E-state index contributed by atoms with van der Waals surface area (Å²) in [6.45, 7) is 0.935. The lowest BCUT2D eigenvalue weighted by molar-refractivity contribution is 0.233. The number of nitrogens with zero attached hydrogens (tertiary/aromatic N) is 4. The minimum Gasteiger partial charge on any atom is -0.399 e. The summed E-state index contributed by atoms with van der Waals surface area (Å²) in [5.41, 5.74) is 4.51. The van der Waals surface area contributed by atoms with E-state index in [1.54, 1.807) is 6.08 Å². The zero-order valence-corrected chi connectivity index (χ0v) is 14.0. The standard InChI is InChI=1S/C19H15F2N5/c1-26-6-5-11-13(7-22)18(25)19(9-23,10-24)16(14(11)8-26)12-3-2-4-15(20)17(12)21/h2-5,14,16H,6,8,25H2,1H3. The van der Waals surface area contributed by atoms with Crippen LogP contribution in [0, 0.1) is 57.0 Å². The van der Waals surface area contributed by atoms with Gasteiger partial charge in [-0.3, -0.25) is 0 Å². The third-order valence-electron chi connectivity index (χ3n) is 5.16. The van der Waals surface area contributed by atoms with Crippen molar-refractivity contribution in [1.82, 2.24) is 4.90 Å². The van der Waals surface area contributed by atoms with Crippen LogP contribution in [0.1, 0.15) is 11.5 Å². The van der Waals surface area contributed by atoms with Gasteiger partial charge >= 0.3 is 0 Å². The highest BCUT2D eigenvalue weighted by Gasteiger charge is 2.55. The summed E-state index contributed by atoms with van der Waals surface area (Å²) in [5, 5.41) is 29.2. The topological polar surface area (TPSA) is 101 Å². The first kappa shape index (κ1) is 17.6. The van der Waals surface area contributed by atoms with E-state index in [9.17, 15) is 24.6 Å². The molecule has 1 aromatic carbocycles. The van der Waals surface area contributed by atoms with Crippen LogP contribution >= 0.6 is 0 Å². The molecule has 7 heteroatoms. The van der Waals surface area contributed by atoms with Crippen molar-refractivity contribution in [2.75, 3.05) is 20.1 Å². The van der Waals surface area contributed by atoms with Crippen LogP contribution in [0.3, 0.4) is 0 Å². The molecule has 1 heterocycles. The fraction of sp³-hybridized carbons (Fsp3) is 0.316. The largest absolute Gasteiger partial charge is 0.399 e. The fourth-order valence-corrected chi connectivity index (χ4v) is 3.93. The number of nitriles is 3. The molecule has 0 bridgehead atoms. The van der Waals surface area contributed by atoms with Crippen LogP contribution in [0.2, 0.25) is 0 Å². The van der Waals surface area contributed by atoms with Crippen molar-refractivity contribution in [3.8, 4) is 18.2 Å². The molecule has 0 saturated carbocycles. The molecule has 1 aliphatic carbocycles. The van der Waals surface area contributed by atoms with Crippen LogP contribution in [-0.2, 0) is 0 Å². The van der Waals surface area contributed by atoms with E-state index in [0.717, 1.165) is 6.07 Å². The highest BCUT2D eigenvalue weighted by molar-refractivity contribution is 5.59. The number of halogens is 2. The Labute approximate surface area is 149 Å². The van der Waals surface area contributed by atoms with E-state index in [2.05, 4.69) is 0 Å². The molecule has 2 unspecified atom stereocenters. The second kappa shape index (κ2) is 6.26. The molecule has 1 aromatic rings. The van der Waals surface area contributed by atoms with Crippen molar-refractivity contribution < 1.29 is 8.78 Å². The fourth-order valence-electron chi connectivity index (χ4n) is 3.93. The Morgan fingerprint density at radius 3 is 2.54 bits per heavy atom. The molecule has 0 fully saturated rings. The van der Waals surface area contributed by atoms with Crippen LogP contribution < -0.4 is 5.73 Å². The molecule has 26 heavy (non-hydrogen) atoms. The van der Waals surface area contributed by atoms with Gasteiger partial charge in [-0.05, 0) is 24.3 Å². The maximum absolute atomic E-state index is 14.6. The number of likely N-dealkylation sites (N-methyl/N-ethyl adjacent to an activating group) is 1. The van der Waals surface area contributed by atoms with E-state index in [-0.39, 0.29) is 16.8 Å². The van der Waals surface area contributed by atoms with E-state index in [1.807, 2.05) is 30.2 Å². The molecular weight excluding hydrogens is 336 g/mol. The lowest BCUT2D eigenvalue weighted by Gasteiger charge is -2.45. The van der Waals surface area contributed by atoms with E-state index in [1.165, 1.54) is 12.1 Å². The number of hydrogen-bond donors (Lipinski definition) is 1. The summed E-state index contributed by atoms with van der Waals surface area (Å²) in [6, 6.07) is 9.45. The average Bonchev–Trinajstić information content (AvgIpc) is 2.64. The summed E-state index contributed by atoms with van der Waals surface area (Å²) < 4.78 is 28.5. The first-order valence-electron chi connectivity index (χ1n) is 7.97. The summed E-state index contributed by atoms with van der Waals surface area (Å²) in [7, 11) is 1.83. The van der Waals surface area contributed by atoms with Gasteiger partial charge in [0.15, 0.2) is 17.0 Å². The van der Waals surface area contributed by atoms with Crippen molar-refractivity contribution >= 4 is 0 Å². The van der Waals surface area contributed by atoms with E-state index >= 15 is 0 Å². The van der Waals surface area contributed by atoms with Crippen LogP contribution in [0.4, 0.5) is 8.78 Å². The number of nitrogens with two attached hydrogens (primary N) is 1. The van der Waals surface area contributed by atoms with Gasteiger partial charge in [0.1, 0.15) is 6.07 Å². The lowest BCUT2D eigenvalue weighted by Crippen LogP contribution is -2.47. The van der Waals surface area contributed by atoms with Gasteiger partial charge in [0.05, 0.1) is 23.4 Å². The van der Waals surface area contributed by atoms with Crippen molar-refractivity contribution in [3.05, 3.63) is 58.3 Å². The Morgan fingerprint density at radius 2 is 1.92 bits per heavy atom. The van der Waals surface area contributed by atoms with E-state index in [4.69, 9.17) is 5.73 Å². The molecule has 1 aliphatic heterocycles. The molecule has 5 nitrogen and oxygen atoms in total. The molecule has 0 radical (unpaired) electrons. The molecule has 2 atom stereocenters. The maximum atomic E-state index is 14.6. The van der Waals surface area contributed by atoms with Gasteiger partial charge < -0.3 is 10.6 Å². The number of benzene rings is 1. The number of allylic oxidation sites excluding steroid dienone is 2. The third kappa shape index (κ3) is 2.28. The van der Waals surface area contributed by atoms with Crippen LogP contribution in [-0.4, -0.2) is 25.0 Å². The van der Waals surface area contributed by atoms with Gasteiger partial charge in [0, 0.05) is 24.9 Å². The quantitative estimate of drug-likeness (QED) is 0.837. The Bertz CT molecular complexity index is 944. The molecular formula is C19H15F2N5. The number of hydrogen-bond acceptors (Lipinski definition) is 5. The highest BCUT2D eigenvalue weighted by Crippen LogP contribution is 2.54. The van der Waals surface area contributed by atoms with Crippen molar-refractivity contribution in [3.63, 3.8) is 0 Å². The molecule has 0 aromatic heterocycles. The SMILES string of the molecule is CN1CC=C2C(C#N)=C(N)C(C#N)(C#N)C(c3cccc(F)c3F)C2C1. The summed E-state index contributed by atoms with van der Waals surface area (Å²) in [5.74, 6) is -3.73. The molecule has 3 rings (SSSR count). The van der Waals surface area contributed by atoms with Crippen LogP contribution in [0.15, 0.2) is 41.1 Å². The van der Waals surface area contributed by atoms with Gasteiger partial charge in [-0.15, -0.1) is 0 Å². The van der Waals surface area contributed by atoms with Gasteiger partial charge in [-0.2, -0.15) is 15.8 Å². The third-order valence-corrected chi connectivity index (χ3v) is 5.16. The van der Waals surface area contributed by atoms with Crippen molar-refractivity contribution in [1.29, 1.82) is 15.8 Å². The number of fused-ring (bicyclic) bond motifs is 1. The Morgan fingerprint density at radius 1 is 1.23 bits per heavy atom. The minimum atomic E-state index is -1.96. The Kier molecular flexibility index (Phi) is 4.24. The molecule has 130 valence electrons. The van der Waals surface area contributed by atoms with Crippen molar-refractivity contribution in [2.24, 2.45) is 17.1 Å². The molecule has 2 N–H and O–H groups in total. The molecule has 0 amide bonds. The number of rotatable bonds is 1. The highest BCUT2D eigenvalue weighted by atomic mass is 19.2. The van der Waals surface area contributed by atoms with E-state index < -0.39 is 28.9 Å². The second-order valence-electron chi connectivity index (χ2n) is 6.54. The second-order valence-corrected chi connectivity index (χ2v) is 6.54. The predicted molar refractivity (Wildman–Crippen MR) is 88.7 cm³/mol. The monoisotopic (exact) mass is 351 g/mol. The van der Waals surface area contributed by atoms with E-state index in [0.29, 0.717) is 18.7 Å². The predicted octanol–water partition coefficient (Wildman–Crippen LogP) is 2.32. The first-order valence-corrected chi connectivity index (χ1v) is 7.97. The van der Waals surface area contributed by atoms with Gasteiger partial charge in [0.25, 0.3) is 0 Å². The Hall–Kier alpha value is -3.21. The summed E-state index contributed by atoms with van der Waals surface area (Å²) in [4.78, 5) is 1.92. The maximum Gasteiger partial charge on any atom is 0.191 e. The van der Waals surface area contributed by atoms with Crippen LogP contribution in [0.25, 0.3) is 0 Å². The van der Waals surface area contributed by atoms with Gasteiger partial charge in [-0.25, -0.2) is 8.78 Å². The van der Waals surface area contributed by atoms with Crippen LogP contribution in [0.5, 0.6) is 0 Å². The smallest absolute Gasteiger partial charge is 0.191 e. The summed E-state index contributed by atoms with van der Waals surface area (Å²) in [6.07, 6.45) is 1.79. The van der Waals surface area contributed by atoms with Gasteiger partial charge in [0.2, 0.25) is 0 Å². The summed E-state index contributed by atoms with van der Waals surface area (Å²) >= 11 is 0. The lowest BCUT2D eigenvalue weighted by atomic mass is 9.58. The average molecular weight is 351 g/mol. The Balaban J connectivity index is 2.39. The van der Waals surface area contributed by atoms with Gasteiger partial charge in [-0.1, -0.05) is 18.2 Å². The minimum absolute atomic E-state index is 0.0826. The molecule has 2 aliphatic rings. The molecule has 0 saturated heterocycles. The zero-order chi connectivity index (χ0) is 19.1. The normalized spacial score (nSPS) is 24.7. The van der Waals surface area contributed by atoms with Crippen molar-refractivity contribution in [2.45, 2.75) is 5.92 Å². The first-order chi connectivity index (χ1) is 12.4. The zero-order valence-electron chi connectivity index (χ0n) is 14.0.